The predicted octanol–water partition coefficient (Wildman–Crippen LogP) is 14.8. The second-order valence-corrected chi connectivity index (χ2v) is 16.2. The lowest BCUT2D eigenvalue weighted by atomic mass is 9.94. The predicted molar refractivity (Wildman–Crippen MR) is 261 cm³/mol. The molecule has 0 spiro atoms. The van der Waals surface area contributed by atoms with E-state index in [1.807, 2.05) is 24.3 Å². The van der Waals surface area contributed by atoms with Gasteiger partial charge < -0.3 is 0 Å². The largest absolute Gasteiger partial charge is 0.298 e. The fraction of sp³-hybridized carbons (Fsp3) is 0. The Morgan fingerprint density at radius 3 is 1.52 bits per heavy atom. The molecule has 0 aliphatic heterocycles. The molecule has 5 nitrogen and oxygen atoms in total. The summed E-state index contributed by atoms with van der Waals surface area (Å²) in [6.45, 7) is 0. The van der Waals surface area contributed by atoms with Crippen molar-refractivity contribution in [2.24, 2.45) is 0 Å². The number of aromatic nitrogens is 5. The van der Waals surface area contributed by atoms with Crippen LogP contribution in [0.5, 0.6) is 0 Å². The van der Waals surface area contributed by atoms with E-state index in [-0.39, 0.29) is 0 Å². The van der Waals surface area contributed by atoms with E-state index in [2.05, 4.69) is 193 Å². The third-order valence-corrected chi connectivity index (χ3v) is 12.6. The summed E-state index contributed by atoms with van der Waals surface area (Å²) >= 11 is 0. The van der Waals surface area contributed by atoms with Crippen molar-refractivity contribution >= 4 is 70.7 Å². The van der Waals surface area contributed by atoms with Crippen molar-refractivity contribution < 1.29 is 0 Å². The minimum atomic E-state index is 0.698. The fourth-order valence-corrected chi connectivity index (χ4v) is 9.57. The Labute approximate surface area is 362 Å². The molecule has 0 aliphatic rings. The Morgan fingerprint density at radius 1 is 0.333 bits per heavy atom. The monoisotopic (exact) mass is 801 g/mol. The van der Waals surface area contributed by atoms with Crippen molar-refractivity contribution in [1.29, 1.82) is 0 Å². The Bertz CT molecular complexity index is 3820. The van der Waals surface area contributed by atoms with Gasteiger partial charge in [-0.15, -0.1) is 0 Å². The molecule has 5 heteroatoms. The summed E-state index contributed by atoms with van der Waals surface area (Å²) in [5.41, 5.74) is 12.9. The second-order valence-electron chi connectivity index (χ2n) is 16.2. The van der Waals surface area contributed by atoms with Gasteiger partial charge in [-0.25, -0.2) is 19.9 Å². The third-order valence-electron chi connectivity index (χ3n) is 12.6. The number of nitrogens with zero attached hydrogens (tertiary/aromatic N) is 5. The van der Waals surface area contributed by atoms with Gasteiger partial charge >= 0.3 is 0 Å². The normalized spacial score (nSPS) is 11.8. The lowest BCUT2D eigenvalue weighted by molar-refractivity contribution is 1.19. The molecule has 9 aromatic carbocycles. The maximum Gasteiger partial charge on any atom is 0.161 e. The van der Waals surface area contributed by atoms with E-state index < -0.39 is 0 Å². The SMILES string of the molecule is c1ccc2c(c1)cc(-c1cc(-c3ccc(-c4ccc(-c5nc6ccccc6c6nc7ccccn7c56)cc4)cc3)nc(-c3cc4ccccc4c4ccccc34)n1)c1ccccc12. The summed E-state index contributed by atoms with van der Waals surface area (Å²) in [5.74, 6) is 0.698. The van der Waals surface area contributed by atoms with E-state index >= 15 is 0 Å². The van der Waals surface area contributed by atoms with Crippen LogP contribution in [0, 0.1) is 0 Å². The van der Waals surface area contributed by atoms with E-state index in [1.54, 1.807) is 0 Å². The van der Waals surface area contributed by atoms with Crippen LogP contribution < -0.4 is 0 Å². The maximum absolute atomic E-state index is 5.44. The van der Waals surface area contributed by atoms with Gasteiger partial charge in [0.15, 0.2) is 5.82 Å². The minimum absolute atomic E-state index is 0.698. The van der Waals surface area contributed by atoms with Gasteiger partial charge in [-0.3, -0.25) is 4.40 Å². The van der Waals surface area contributed by atoms with Gasteiger partial charge in [-0.2, -0.15) is 0 Å². The molecule has 13 rings (SSSR count). The quantitative estimate of drug-likeness (QED) is 0.163. The van der Waals surface area contributed by atoms with Crippen molar-refractivity contribution in [3.8, 4) is 56.3 Å². The fourth-order valence-electron chi connectivity index (χ4n) is 9.57. The van der Waals surface area contributed by atoms with Gasteiger partial charge in [0.05, 0.1) is 28.1 Å². The number of fused-ring (bicyclic) bond motifs is 11. The van der Waals surface area contributed by atoms with Gasteiger partial charge in [0, 0.05) is 33.8 Å². The average Bonchev–Trinajstić information content (AvgIpc) is 3.76. The summed E-state index contributed by atoms with van der Waals surface area (Å²) in [4.78, 5) is 21.1. The first-order chi connectivity index (χ1) is 31.2. The topological polar surface area (TPSA) is 56.0 Å². The van der Waals surface area contributed by atoms with Crippen LogP contribution in [-0.4, -0.2) is 24.3 Å². The Balaban J connectivity index is 0.942. The van der Waals surface area contributed by atoms with Gasteiger partial charge in [0.1, 0.15) is 11.2 Å². The summed E-state index contributed by atoms with van der Waals surface area (Å²) in [7, 11) is 0. The lowest BCUT2D eigenvalue weighted by Gasteiger charge is -2.15. The second kappa shape index (κ2) is 14.0. The smallest absolute Gasteiger partial charge is 0.161 e. The highest BCUT2D eigenvalue weighted by molar-refractivity contribution is 6.15. The highest BCUT2D eigenvalue weighted by Crippen LogP contribution is 2.40. The molecule has 63 heavy (non-hydrogen) atoms. The molecule has 0 saturated carbocycles. The molecule has 0 aliphatic carbocycles. The van der Waals surface area contributed by atoms with Crippen LogP contribution in [0.3, 0.4) is 0 Å². The minimum Gasteiger partial charge on any atom is -0.298 e. The molecular weight excluding hydrogens is 767 g/mol. The Morgan fingerprint density at radius 2 is 0.841 bits per heavy atom. The molecule has 0 N–H and O–H groups in total. The van der Waals surface area contributed by atoms with Crippen LogP contribution >= 0.6 is 0 Å². The summed E-state index contributed by atoms with van der Waals surface area (Å²) in [5, 5.41) is 10.5. The molecule has 0 radical (unpaired) electrons. The van der Waals surface area contributed by atoms with E-state index in [4.69, 9.17) is 19.9 Å². The van der Waals surface area contributed by atoms with Gasteiger partial charge in [-0.1, -0.05) is 170 Å². The number of benzene rings is 9. The molecule has 13 aromatic rings. The number of hydrogen-bond acceptors (Lipinski definition) is 4. The summed E-state index contributed by atoms with van der Waals surface area (Å²) in [6.07, 6.45) is 2.07. The molecule has 4 aromatic heterocycles. The van der Waals surface area contributed by atoms with E-state index in [1.165, 1.54) is 26.9 Å². The van der Waals surface area contributed by atoms with Crippen LogP contribution in [0.25, 0.3) is 127 Å². The van der Waals surface area contributed by atoms with Gasteiger partial charge in [0.25, 0.3) is 0 Å². The third kappa shape index (κ3) is 5.71. The van der Waals surface area contributed by atoms with Crippen LogP contribution in [0.15, 0.2) is 212 Å². The highest BCUT2D eigenvalue weighted by atomic mass is 15.0. The van der Waals surface area contributed by atoms with E-state index in [0.29, 0.717) is 5.82 Å². The van der Waals surface area contributed by atoms with E-state index in [9.17, 15) is 0 Å². The zero-order valence-electron chi connectivity index (χ0n) is 33.9. The van der Waals surface area contributed by atoms with Gasteiger partial charge in [0.2, 0.25) is 0 Å². The van der Waals surface area contributed by atoms with Crippen molar-refractivity contribution in [3.63, 3.8) is 0 Å². The van der Waals surface area contributed by atoms with Crippen molar-refractivity contribution in [2.45, 2.75) is 0 Å². The first-order valence-corrected chi connectivity index (χ1v) is 21.3. The molecule has 0 bridgehead atoms. The van der Waals surface area contributed by atoms with Crippen LogP contribution in [-0.2, 0) is 0 Å². The maximum atomic E-state index is 5.44. The Hall–Kier alpha value is -8.54. The molecule has 0 amide bonds. The first-order valence-electron chi connectivity index (χ1n) is 21.3. The van der Waals surface area contributed by atoms with Crippen molar-refractivity contribution in [2.75, 3.05) is 0 Å². The molecule has 4 heterocycles. The molecule has 0 saturated heterocycles. The van der Waals surface area contributed by atoms with Crippen molar-refractivity contribution in [1.82, 2.24) is 24.3 Å². The number of hydrogen-bond donors (Lipinski definition) is 0. The highest BCUT2D eigenvalue weighted by Gasteiger charge is 2.19. The number of rotatable bonds is 5. The lowest BCUT2D eigenvalue weighted by Crippen LogP contribution is -1.98. The molecule has 292 valence electrons. The van der Waals surface area contributed by atoms with Crippen LogP contribution in [0.2, 0.25) is 0 Å². The van der Waals surface area contributed by atoms with Crippen molar-refractivity contribution in [3.05, 3.63) is 212 Å². The van der Waals surface area contributed by atoms with Crippen LogP contribution in [0.1, 0.15) is 0 Å². The Kier molecular flexibility index (Phi) is 7.84. The van der Waals surface area contributed by atoms with E-state index in [0.717, 1.165) is 94.2 Å². The van der Waals surface area contributed by atoms with Gasteiger partial charge in [-0.05, 0) is 90.6 Å². The molecular formula is C58H35N5. The van der Waals surface area contributed by atoms with Crippen LogP contribution in [0.4, 0.5) is 0 Å². The zero-order chi connectivity index (χ0) is 41.4. The first kappa shape index (κ1) is 35.2. The summed E-state index contributed by atoms with van der Waals surface area (Å²) in [6, 6.07) is 73.0. The molecule has 0 unspecified atom stereocenters. The molecule has 0 fully saturated rings. The zero-order valence-corrected chi connectivity index (χ0v) is 33.9. The standard InChI is InChI=1S/C58H35N5/c1-3-15-42-40(13-1)33-49(46-19-7-5-17-44(42)46)53-35-52(60-58(61-53)50-34-41-14-2-4-16-43(41)45-18-6-8-20-47(45)50)38-28-24-36(25-29-38)37-26-30-39(31-27-37)55-57-56(48-21-9-10-22-51(48)59-55)62-54-23-11-12-32-63(54)57/h1-35H. The number of para-hydroxylation sites is 1. The average molecular weight is 802 g/mol. The number of pyridine rings is 2. The molecule has 0 atom stereocenters. The number of imidazole rings is 1. The summed E-state index contributed by atoms with van der Waals surface area (Å²) < 4.78 is 2.14.